The molecule has 0 saturated carbocycles. The molecule has 2 aliphatic rings. The highest BCUT2D eigenvalue weighted by Crippen LogP contribution is 2.30. The summed E-state index contributed by atoms with van der Waals surface area (Å²) in [5.74, 6) is 0.224. The van der Waals surface area contributed by atoms with Crippen LogP contribution in [-0.4, -0.2) is 99.1 Å². The molecule has 0 spiro atoms. The van der Waals surface area contributed by atoms with E-state index in [0.29, 0.717) is 5.92 Å². The van der Waals surface area contributed by atoms with Gasteiger partial charge in [-0.25, -0.2) is 0 Å². The van der Waals surface area contributed by atoms with Crippen LogP contribution in [0.25, 0.3) is 0 Å². The smallest absolute Gasteiger partial charge is 0.237 e. The second-order valence-electron chi connectivity index (χ2n) is 7.42. The van der Waals surface area contributed by atoms with Crippen LogP contribution >= 0.6 is 11.8 Å². The third-order valence-corrected chi connectivity index (χ3v) is 6.39. The van der Waals surface area contributed by atoms with Crippen molar-refractivity contribution in [1.29, 1.82) is 0 Å². The van der Waals surface area contributed by atoms with Crippen LogP contribution in [0.15, 0.2) is 0 Å². The molecule has 2 saturated heterocycles. The maximum atomic E-state index is 12.8. The molecule has 0 radical (unpaired) electrons. The molecule has 0 bridgehead atoms. The number of likely N-dealkylation sites (N-methyl/N-ethyl adjacent to an activating group) is 1. The van der Waals surface area contributed by atoms with E-state index in [4.69, 9.17) is 4.74 Å². The van der Waals surface area contributed by atoms with Gasteiger partial charge in [-0.2, -0.15) is 0 Å². The number of nitrogens with one attached hydrogen (secondary N) is 1. The van der Waals surface area contributed by atoms with Gasteiger partial charge in [0.1, 0.15) is 29.9 Å². The number of hydrogen-bond donors (Lipinski definition) is 5. The molecule has 26 heavy (non-hydrogen) atoms. The summed E-state index contributed by atoms with van der Waals surface area (Å²) in [6.07, 6.45) is -2.65. The summed E-state index contributed by atoms with van der Waals surface area (Å²) in [5, 5.41) is 43.4. The first-order chi connectivity index (χ1) is 12.2. The summed E-state index contributed by atoms with van der Waals surface area (Å²) in [6, 6.07) is -1.20. The van der Waals surface area contributed by atoms with Crippen LogP contribution in [-0.2, 0) is 9.53 Å². The van der Waals surface area contributed by atoms with E-state index < -0.39 is 42.0 Å². The Morgan fingerprint density at radius 1 is 1.31 bits per heavy atom. The van der Waals surface area contributed by atoms with Gasteiger partial charge in [0.15, 0.2) is 0 Å². The van der Waals surface area contributed by atoms with Gasteiger partial charge in [0, 0.05) is 6.54 Å². The van der Waals surface area contributed by atoms with Gasteiger partial charge < -0.3 is 30.5 Å². The molecule has 0 aromatic rings. The lowest BCUT2D eigenvalue weighted by Gasteiger charge is -2.44. The molecule has 0 aromatic carbocycles. The number of aliphatic hydroxyl groups excluding tert-OH is 4. The first-order valence-electron chi connectivity index (χ1n) is 9.12. The molecule has 1 amide bonds. The van der Waals surface area contributed by atoms with Crippen molar-refractivity contribution >= 4 is 17.7 Å². The van der Waals surface area contributed by atoms with Crippen LogP contribution in [0.1, 0.15) is 26.7 Å². The zero-order chi connectivity index (χ0) is 19.6. The number of aliphatic hydroxyl groups is 4. The normalized spacial score (nSPS) is 41.0. The Kier molecular flexibility index (Phi) is 7.73. The molecule has 0 unspecified atom stereocenters. The minimum Gasteiger partial charge on any atom is -0.391 e. The first kappa shape index (κ1) is 21.9. The standard InChI is InChI=1S/C17H32N2O6S/c1-5-9-6-10(19(3)7-9)16(24)18-11(8(2)20)15-13(22)12(21)14(23)17(25-15)26-4/h8-15,17,20-23H,5-7H2,1-4H3,(H,18,24)/t8-,9-,10-,11-,12-,13-,14-,15-,17+/m1/s1. The zero-order valence-electron chi connectivity index (χ0n) is 15.8. The van der Waals surface area contributed by atoms with Gasteiger partial charge in [0.25, 0.3) is 0 Å². The Hall–Kier alpha value is -0.420. The molecule has 5 N–H and O–H groups in total. The van der Waals surface area contributed by atoms with Gasteiger partial charge in [0.05, 0.1) is 18.2 Å². The lowest BCUT2D eigenvalue weighted by atomic mass is 9.92. The van der Waals surface area contributed by atoms with E-state index in [1.165, 1.54) is 18.7 Å². The summed E-state index contributed by atoms with van der Waals surface area (Å²) in [5.41, 5.74) is -0.754. The quantitative estimate of drug-likeness (QED) is 0.380. The van der Waals surface area contributed by atoms with Crippen LogP contribution in [0.2, 0.25) is 0 Å². The van der Waals surface area contributed by atoms with E-state index in [2.05, 4.69) is 12.2 Å². The molecule has 9 heteroatoms. The van der Waals surface area contributed by atoms with Crippen molar-refractivity contribution in [2.24, 2.45) is 5.92 Å². The van der Waals surface area contributed by atoms with Crippen LogP contribution in [0.5, 0.6) is 0 Å². The molecule has 0 aliphatic carbocycles. The average Bonchev–Trinajstić information content (AvgIpc) is 2.99. The van der Waals surface area contributed by atoms with Crippen molar-refractivity contribution in [3.63, 3.8) is 0 Å². The van der Waals surface area contributed by atoms with E-state index in [1.807, 2.05) is 11.9 Å². The summed E-state index contributed by atoms with van der Waals surface area (Å²) in [6.45, 7) is 4.44. The van der Waals surface area contributed by atoms with Gasteiger partial charge in [0.2, 0.25) is 5.91 Å². The fourth-order valence-electron chi connectivity index (χ4n) is 3.81. The predicted molar refractivity (Wildman–Crippen MR) is 98.6 cm³/mol. The van der Waals surface area contributed by atoms with E-state index in [9.17, 15) is 25.2 Å². The molecule has 2 rings (SSSR count). The lowest BCUT2D eigenvalue weighted by Crippen LogP contribution is -2.65. The minimum absolute atomic E-state index is 0.230. The molecule has 2 fully saturated rings. The van der Waals surface area contributed by atoms with Gasteiger partial charge >= 0.3 is 0 Å². The van der Waals surface area contributed by atoms with Crippen LogP contribution < -0.4 is 5.32 Å². The number of ether oxygens (including phenoxy) is 1. The molecular weight excluding hydrogens is 360 g/mol. The number of nitrogens with zero attached hydrogens (tertiary/aromatic N) is 1. The Morgan fingerprint density at radius 2 is 1.96 bits per heavy atom. The van der Waals surface area contributed by atoms with Crippen LogP contribution in [0.3, 0.4) is 0 Å². The van der Waals surface area contributed by atoms with Gasteiger partial charge in [-0.3, -0.25) is 9.69 Å². The van der Waals surface area contributed by atoms with Gasteiger partial charge in [-0.1, -0.05) is 13.3 Å². The van der Waals surface area contributed by atoms with Crippen molar-refractivity contribution in [3.8, 4) is 0 Å². The third-order valence-electron chi connectivity index (χ3n) is 5.54. The highest BCUT2D eigenvalue weighted by Gasteiger charge is 2.48. The molecule has 152 valence electrons. The topological polar surface area (TPSA) is 122 Å². The number of rotatable bonds is 6. The molecular formula is C17H32N2O6S. The number of carbonyl (C=O) groups excluding carboxylic acids is 1. The Labute approximate surface area is 158 Å². The number of thioether (sulfide) groups is 1. The van der Waals surface area contributed by atoms with Gasteiger partial charge in [-0.15, -0.1) is 11.8 Å². The molecule has 2 heterocycles. The van der Waals surface area contributed by atoms with E-state index in [-0.39, 0.29) is 11.9 Å². The summed E-state index contributed by atoms with van der Waals surface area (Å²) >= 11 is 1.19. The number of amides is 1. The monoisotopic (exact) mass is 392 g/mol. The van der Waals surface area contributed by atoms with Gasteiger partial charge in [-0.05, 0) is 32.6 Å². The van der Waals surface area contributed by atoms with Crippen molar-refractivity contribution in [1.82, 2.24) is 10.2 Å². The average molecular weight is 393 g/mol. The van der Waals surface area contributed by atoms with Crippen molar-refractivity contribution < 1.29 is 30.0 Å². The SMILES string of the molecule is CC[C@@H]1C[C@H](C(=O)N[C@@H]([C@H]2O[C@@H](SC)[C@H](O)[C@H](O)[C@H]2O)[C@@H](C)O)N(C)C1. The lowest BCUT2D eigenvalue weighted by molar-refractivity contribution is -0.211. The van der Waals surface area contributed by atoms with E-state index >= 15 is 0 Å². The highest BCUT2D eigenvalue weighted by molar-refractivity contribution is 7.99. The van der Waals surface area contributed by atoms with Crippen LogP contribution in [0, 0.1) is 5.92 Å². The minimum atomic E-state index is -1.42. The first-order valence-corrected chi connectivity index (χ1v) is 10.4. The van der Waals surface area contributed by atoms with Crippen molar-refractivity contribution in [2.75, 3.05) is 19.8 Å². The maximum absolute atomic E-state index is 12.8. The Morgan fingerprint density at radius 3 is 2.46 bits per heavy atom. The van der Waals surface area contributed by atoms with E-state index in [1.54, 1.807) is 6.26 Å². The predicted octanol–water partition coefficient (Wildman–Crippen LogP) is -1.25. The number of likely N-dealkylation sites (tertiary alicyclic amines) is 1. The second kappa shape index (κ2) is 9.18. The largest absolute Gasteiger partial charge is 0.391 e. The fraction of sp³-hybridized carbons (Fsp3) is 0.941. The summed E-state index contributed by atoms with van der Waals surface area (Å²) < 4.78 is 5.70. The number of hydrogen-bond acceptors (Lipinski definition) is 8. The summed E-state index contributed by atoms with van der Waals surface area (Å²) in [7, 11) is 1.90. The number of carbonyl (C=O) groups is 1. The maximum Gasteiger partial charge on any atom is 0.237 e. The molecule has 2 aliphatic heterocycles. The molecule has 9 atom stereocenters. The zero-order valence-corrected chi connectivity index (χ0v) is 16.6. The second-order valence-corrected chi connectivity index (χ2v) is 8.35. The van der Waals surface area contributed by atoms with Crippen molar-refractivity contribution in [3.05, 3.63) is 0 Å². The highest BCUT2D eigenvalue weighted by atomic mass is 32.2. The van der Waals surface area contributed by atoms with E-state index in [0.717, 1.165) is 19.4 Å². The third kappa shape index (κ3) is 4.52. The molecule has 0 aromatic heterocycles. The Bertz CT molecular complexity index is 480. The Balaban J connectivity index is 2.11. The fourth-order valence-corrected chi connectivity index (χ4v) is 4.49. The van der Waals surface area contributed by atoms with Crippen molar-refractivity contribution in [2.45, 2.75) is 74.7 Å². The van der Waals surface area contributed by atoms with Crippen LogP contribution in [0.4, 0.5) is 0 Å². The molecule has 8 nitrogen and oxygen atoms in total. The summed E-state index contributed by atoms with van der Waals surface area (Å²) in [4.78, 5) is 14.8.